The van der Waals surface area contributed by atoms with Crippen molar-refractivity contribution in [1.29, 1.82) is 0 Å². The highest BCUT2D eigenvalue weighted by Crippen LogP contribution is 2.29. The number of nitrogens with zero attached hydrogens (tertiary/aromatic N) is 2. The number of carbonyl (C=O) groups excluding carboxylic acids is 1. The summed E-state index contributed by atoms with van der Waals surface area (Å²) in [5, 5.41) is 8.66. The van der Waals surface area contributed by atoms with Crippen molar-refractivity contribution in [3.63, 3.8) is 0 Å². The highest BCUT2D eigenvalue weighted by atomic mass is 16.5. The fraction of sp³-hybridized carbons (Fsp3) is 0.867. The van der Waals surface area contributed by atoms with E-state index in [0.29, 0.717) is 19.1 Å². The molecule has 0 radical (unpaired) electrons. The quantitative estimate of drug-likeness (QED) is 0.842. The molecule has 0 spiro atoms. The summed E-state index contributed by atoms with van der Waals surface area (Å²) < 4.78 is 5.36. The van der Waals surface area contributed by atoms with E-state index in [2.05, 4.69) is 6.92 Å². The molecule has 120 valence electrons. The van der Waals surface area contributed by atoms with Crippen molar-refractivity contribution in [2.24, 2.45) is 0 Å². The fourth-order valence-corrected chi connectivity index (χ4v) is 3.29. The number of urea groups is 1. The normalized spacial score (nSPS) is 24.6. The maximum atomic E-state index is 12.6. The van der Waals surface area contributed by atoms with Gasteiger partial charge in [0, 0.05) is 12.6 Å². The molecular formula is C15H26N2O4. The van der Waals surface area contributed by atoms with E-state index in [1.807, 2.05) is 11.8 Å². The lowest BCUT2D eigenvalue weighted by molar-refractivity contribution is -0.160. The van der Waals surface area contributed by atoms with Crippen LogP contribution in [0.1, 0.15) is 46.0 Å². The minimum atomic E-state index is -0.972. The standard InChI is InChI=1S/C15H26N2O4/c1-3-6-12-7-4-5-8-17(12)14(20)16-10-15(2,11-16)21-9-13(18)19/h12H,3-11H2,1-2H3,(H,18,19). The highest BCUT2D eigenvalue weighted by Gasteiger charge is 2.45. The van der Waals surface area contributed by atoms with E-state index in [9.17, 15) is 9.59 Å². The van der Waals surface area contributed by atoms with Crippen LogP contribution in [0.5, 0.6) is 0 Å². The molecule has 2 amide bonds. The first-order valence-electron chi connectivity index (χ1n) is 7.86. The first kappa shape index (κ1) is 16.1. The van der Waals surface area contributed by atoms with Gasteiger partial charge in [0.2, 0.25) is 0 Å². The molecule has 0 aromatic carbocycles. The first-order valence-corrected chi connectivity index (χ1v) is 7.86. The van der Waals surface area contributed by atoms with Crippen LogP contribution in [-0.2, 0) is 9.53 Å². The minimum Gasteiger partial charge on any atom is -0.480 e. The van der Waals surface area contributed by atoms with Crippen LogP contribution < -0.4 is 0 Å². The van der Waals surface area contributed by atoms with E-state index in [1.165, 1.54) is 6.42 Å². The Bertz CT molecular complexity index is 391. The van der Waals surface area contributed by atoms with Crippen molar-refractivity contribution in [1.82, 2.24) is 9.80 Å². The van der Waals surface area contributed by atoms with E-state index < -0.39 is 11.6 Å². The largest absolute Gasteiger partial charge is 0.480 e. The molecule has 2 fully saturated rings. The van der Waals surface area contributed by atoms with Crippen LogP contribution >= 0.6 is 0 Å². The predicted molar refractivity (Wildman–Crippen MR) is 78.2 cm³/mol. The van der Waals surface area contributed by atoms with Crippen LogP contribution in [0, 0.1) is 0 Å². The molecule has 0 aliphatic carbocycles. The van der Waals surface area contributed by atoms with Crippen LogP contribution in [0.15, 0.2) is 0 Å². The number of aliphatic carboxylic acids is 1. The van der Waals surface area contributed by atoms with E-state index in [1.54, 1.807) is 4.90 Å². The Kier molecular flexibility index (Phi) is 5.08. The number of carbonyl (C=O) groups is 2. The maximum absolute atomic E-state index is 12.6. The highest BCUT2D eigenvalue weighted by molar-refractivity contribution is 5.76. The lowest BCUT2D eigenvalue weighted by Crippen LogP contribution is -2.66. The monoisotopic (exact) mass is 298 g/mol. The number of hydrogen-bond donors (Lipinski definition) is 1. The molecule has 1 atom stereocenters. The second-order valence-electron chi connectivity index (χ2n) is 6.40. The van der Waals surface area contributed by atoms with Crippen LogP contribution in [-0.4, -0.2) is 64.8 Å². The lowest BCUT2D eigenvalue weighted by atomic mass is 9.95. The molecule has 21 heavy (non-hydrogen) atoms. The number of rotatable bonds is 5. The molecule has 6 heteroatoms. The van der Waals surface area contributed by atoms with Gasteiger partial charge in [-0.1, -0.05) is 13.3 Å². The van der Waals surface area contributed by atoms with Gasteiger partial charge in [0.25, 0.3) is 0 Å². The summed E-state index contributed by atoms with van der Waals surface area (Å²) in [6.45, 7) is 5.51. The summed E-state index contributed by atoms with van der Waals surface area (Å²) in [4.78, 5) is 26.9. The van der Waals surface area contributed by atoms with Gasteiger partial charge in [-0.25, -0.2) is 9.59 Å². The number of piperidine rings is 1. The zero-order valence-electron chi connectivity index (χ0n) is 13.0. The molecule has 0 saturated carbocycles. The third-order valence-electron chi connectivity index (χ3n) is 4.36. The number of carboxylic acids is 1. The summed E-state index contributed by atoms with van der Waals surface area (Å²) in [7, 11) is 0. The molecule has 0 aromatic heterocycles. The number of likely N-dealkylation sites (tertiary alicyclic amines) is 2. The van der Waals surface area contributed by atoms with E-state index in [0.717, 1.165) is 32.2 Å². The van der Waals surface area contributed by atoms with Gasteiger partial charge in [0.1, 0.15) is 12.2 Å². The molecule has 0 bridgehead atoms. The number of amides is 2. The molecule has 1 unspecified atom stereocenters. The Hall–Kier alpha value is -1.30. The summed E-state index contributed by atoms with van der Waals surface area (Å²) in [6, 6.07) is 0.451. The maximum Gasteiger partial charge on any atom is 0.329 e. The summed E-state index contributed by atoms with van der Waals surface area (Å²) in [5.74, 6) is -0.972. The predicted octanol–water partition coefficient (Wildman–Crippen LogP) is 1.94. The smallest absolute Gasteiger partial charge is 0.329 e. The number of carboxylic acid groups (broad SMARTS) is 1. The second-order valence-corrected chi connectivity index (χ2v) is 6.40. The average Bonchev–Trinajstić information content (AvgIpc) is 2.42. The second kappa shape index (κ2) is 6.64. The fourth-order valence-electron chi connectivity index (χ4n) is 3.29. The topological polar surface area (TPSA) is 70.1 Å². The third-order valence-corrected chi connectivity index (χ3v) is 4.36. The first-order chi connectivity index (χ1) is 9.95. The van der Waals surface area contributed by atoms with Gasteiger partial charge in [-0.3, -0.25) is 0 Å². The van der Waals surface area contributed by atoms with Gasteiger partial charge in [-0.15, -0.1) is 0 Å². The van der Waals surface area contributed by atoms with Crippen molar-refractivity contribution in [2.45, 2.75) is 57.6 Å². The van der Waals surface area contributed by atoms with Crippen LogP contribution in [0.3, 0.4) is 0 Å². The molecule has 1 N–H and O–H groups in total. The molecule has 2 aliphatic rings. The zero-order valence-corrected chi connectivity index (χ0v) is 13.0. The Morgan fingerprint density at radius 1 is 1.33 bits per heavy atom. The van der Waals surface area contributed by atoms with E-state index in [4.69, 9.17) is 9.84 Å². The van der Waals surface area contributed by atoms with Crippen LogP contribution in [0.2, 0.25) is 0 Å². The molecule has 2 saturated heterocycles. The summed E-state index contributed by atoms with van der Waals surface area (Å²) >= 11 is 0. The number of ether oxygens (including phenoxy) is 1. The molecule has 6 nitrogen and oxygen atoms in total. The Labute approximate surface area is 126 Å². The molecule has 0 aromatic rings. The molecule has 2 heterocycles. The van der Waals surface area contributed by atoms with E-state index in [-0.39, 0.29) is 12.6 Å². The molecule has 2 aliphatic heterocycles. The van der Waals surface area contributed by atoms with Crippen molar-refractivity contribution in [2.75, 3.05) is 26.2 Å². The van der Waals surface area contributed by atoms with E-state index >= 15 is 0 Å². The zero-order chi connectivity index (χ0) is 15.5. The Balaban J connectivity index is 1.85. The Morgan fingerprint density at radius 2 is 2.05 bits per heavy atom. The van der Waals surface area contributed by atoms with Gasteiger partial charge in [0.05, 0.1) is 13.1 Å². The van der Waals surface area contributed by atoms with Crippen molar-refractivity contribution in [3.8, 4) is 0 Å². The lowest BCUT2D eigenvalue weighted by Gasteiger charge is -2.50. The van der Waals surface area contributed by atoms with Gasteiger partial charge in [0.15, 0.2) is 0 Å². The molecular weight excluding hydrogens is 272 g/mol. The summed E-state index contributed by atoms with van der Waals surface area (Å²) in [5.41, 5.74) is -0.510. The van der Waals surface area contributed by atoms with Crippen molar-refractivity contribution in [3.05, 3.63) is 0 Å². The average molecular weight is 298 g/mol. The van der Waals surface area contributed by atoms with Crippen molar-refractivity contribution >= 4 is 12.0 Å². The van der Waals surface area contributed by atoms with Crippen molar-refractivity contribution < 1.29 is 19.4 Å². The molecule has 2 rings (SSSR count). The van der Waals surface area contributed by atoms with Gasteiger partial charge in [-0.05, 0) is 32.6 Å². The Morgan fingerprint density at radius 3 is 2.67 bits per heavy atom. The minimum absolute atomic E-state index is 0.0875. The van der Waals surface area contributed by atoms with Gasteiger partial charge in [-0.2, -0.15) is 0 Å². The van der Waals surface area contributed by atoms with Gasteiger partial charge >= 0.3 is 12.0 Å². The summed E-state index contributed by atoms with van der Waals surface area (Å²) in [6.07, 6.45) is 5.53. The van der Waals surface area contributed by atoms with Crippen LogP contribution in [0.25, 0.3) is 0 Å². The third kappa shape index (κ3) is 3.87. The SMILES string of the molecule is CCCC1CCCCN1C(=O)N1CC(C)(OCC(=O)O)C1. The van der Waals surface area contributed by atoms with Crippen LogP contribution in [0.4, 0.5) is 4.79 Å². The van der Waals surface area contributed by atoms with Gasteiger partial charge < -0.3 is 19.6 Å². The number of hydrogen-bond acceptors (Lipinski definition) is 3.